The van der Waals surface area contributed by atoms with Gasteiger partial charge in [-0.3, -0.25) is 5.10 Å². The number of aromatic amines is 1. The van der Waals surface area contributed by atoms with Gasteiger partial charge in [0.05, 0.1) is 21.5 Å². The lowest BCUT2D eigenvalue weighted by Gasteiger charge is -2.22. The Morgan fingerprint density at radius 2 is 2.04 bits per heavy atom. The normalized spacial score (nSPS) is 16.4. The number of halogens is 1. The summed E-state index contributed by atoms with van der Waals surface area (Å²) < 4.78 is 6.21. The van der Waals surface area contributed by atoms with Crippen molar-refractivity contribution in [3.05, 3.63) is 68.7 Å². The number of hydrogen-bond donors (Lipinski definition) is 2. The first kappa shape index (κ1) is 14.8. The summed E-state index contributed by atoms with van der Waals surface area (Å²) in [5.74, 6) is 0.107. The molecule has 1 atom stereocenters. The molecule has 0 amide bonds. The van der Waals surface area contributed by atoms with Crippen LogP contribution in [0, 0.1) is 11.3 Å². The molecule has 0 radical (unpaired) electrons. The molecule has 3 aromatic rings. The van der Waals surface area contributed by atoms with Crippen molar-refractivity contribution >= 4 is 22.9 Å². The highest BCUT2D eigenvalue weighted by Crippen LogP contribution is 2.47. The predicted molar refractivity (Wildman–Crippen MR) is 92.7 cm³/mol. The van der Waals surface area contributed by atoms with Gasteiger partial charge in [0.2, 0.25) is 11.8 Å². The molecule has 4 rings (SSSR count). The number of nitrogens with one attached hydrogen (secondary N) is 1. The number of rotatable bonds is 2. The summed E-state index contributed by atoms with van der Waals surface area (Å²) in [4.78, 5) is 0.919. The monoisotopic (exact) mass is 354 g/mol. The zero-order valence-electron chi connectivity index (χ0n) is 12.3. The van der Waals surface area contributed by atoms with E-state index < -0.39 is 0 Å². The molecule has 0 saturated heterocycles. The maximum atomic E-state index is 9.60. The van der Waals surface area contributed by atoms with Crippen LogP contribution < -0.4 is 10.5 Å². The maximum absolute atomic E-state index is 9.60. The molecule has 0 bridgehead atoms. The van der Waals surface area contributed by atoms with Gasteiger partial charge in [-0.05, 0) is 17.7 Å². The van der Waals surface area contributed by atoms with E-state index in [0.717, 1.165) is 21.7 Å². The topological polar surface area (TPSA) is 87.7 Å². The highest BCUT2D eigenvalue weighted by molar-refractivity contribution is 7.16. The third kappa shape index (κ3) is 2.26. The van der Waals surface area contributed by atoms with E-state index in [1.54, 1.807) is 0 Å². The molecule has 118 valence electrons. The van der Waals surface area contributed by atoms with Crippen LogP contribution in [0.5, 0.6) is 5.88 Å². The molecule has 1 aromatic carbocycles. The van der Waals surface area contributed by atoms with E-state index in [2.05, 4.69) is 16.3 Å². The molecule has 2 aromatic heterocycles. The van der Waals surface area contributed by atoms with Crippen LogP contribution in [-0.4, -0.2) is 10.2 Å². The molecule has 3 N–H and O–H groups in total. The second-order valence-electron chi connectivity index (χ2n) is 5.25. The van der Waals surface area contributed by atoms with E-state index in [1.165, 1.54) is 11.3 Å². The number of benzene rings is 1. The number of ether oxygens (including phenoxy) is 1. The predicted octanol–water partition coefficient (Wildman–Crippen LogP) is 4.01. The van der Waals surface area contributed by atoms with Crippen molar-refractivity contribution in [2.45, 2.75) is 5.92 Å². The number of nitrogens with zero attached hydrogens (tertiary/aromatic N) is 2. The average Bonchev–Trinajstić information content (AvgIpc) is 3.20. The summed E-state index contributed by atoms with van der Waals surface area (Å²) in [7, 11) is 0. The van der Waals surface area contributed by atoms with E-state index in [1.807, 2.05) is 42.5 Å². The zero-order chi connectivity index (χ0) is 16.7. The molecule has 3 heterocycles. The summed E-state index contributed by atoms with van der Waals surface area (Å²) >= 11 is 7.51. The number of nitriles is 1. The van der Waals surface area contributed by atoms with E-state index in [4.69, 9.17) is 22.1 Å². The standard InChI is InChI=1S/C17H11ClN4OS/c18-12-7-6-11(24-12)13-10(8-19)16(20)23-17-14(13)15(21-22-17)9-4-2-1-3-5-9/h1-7,13H,20H2,(H,21,22)/t13-/m0/s1. The SMILES string of the molecule is N#CC1=C(N)Oc2n[nH]c(-c3ccccc3)c2[C@@H]1c1ccc(Cl)s1. The average molecular weight is 355 g/mol. The first-order valence-electron chi connectivity index (χ1n) is 7.15. The van der Waals surface area contributed by atoms with Gasteiger partial charge in [-0.2, -0.15) is 5.26 Å². The third-order valence-corrected chi connectivity index (χ3v) is 5.18. The number of fused-ring (bicyclic) bond motifs is 1. The van der Waals surface area contributed by atoms with Crippen LogP contribution in [0.4, 0.5) is 0 Å². The lowest BCUT2D eigenvalue weighted by molar-refractivity contribution is 0.379. The van der Waals surface area contributed by atoms with Crippen molar-refractivity contribution in [2.75, 3.05) is 0 Å². The zero-order valence-corrected chi connectivity index (χ0v) is 13.9. The molecule has 24 heavy (non-hydrogen) atoms. The molecule has 7 heteroatoms. The number of allylic oxidation sites excluding steroid dienone is 1. The summed E-state index contributed by atoms with van der Waals surface area (Å²) in [6, 6.07) is 15.7. The van der Waals surface area contributed by atoms with Gasteiger partial charge in [0, 0.05) is 4.88 Å². The fourth-order valence-electron chi connectivity index (χ4n) is 2.84. The van der Waals surface area contributed by atoms with Crippen molar-refractivity contribution in [1.29, 1.82) is 5.26 Å². The van der Waals surface area contributed by atoms with E-state index in [9.17, 15) is 5.26 Å². The van der Waals surface area contributed by atoms with Gasteiger partial charge < -0.3 is 10.5 Å². The van der Waals surface area contributed by atoms with Gasteiger partial charge in [-0.25, -0.2) is 0 Å². The Morgan fingerprint density at radius 3 is 2.71 bits per heavy atom. The van der Waals surface area contributed by atoms with Crippen molar-refractivity contribution in [3.63, 3.8) is 0 Å². The quantitative estimate of drug-likeness (QED) is 0.727. The van der Waals surface area contributed by atoms with Gasteiger partial charge in [0.1, 0.15) is 11.6 Å². The summed E-state index contributed by atoms with van der Waals surface area (Å²) in [6.07, 6.45) is 0. The molecule has 0 spiro atoms. The van der Waals surface area contributed by atoms with Crippen LogP contribution in [-0.2, 0) is 0 Å². The number of H-pyrrole nitrogens is 1. The Bertz CT molecular complexity index is 984. The van der Waals surface area contributed by atoms with Crippen molar-refractivity contribution in [3.8, 4) is 23.2 Å². The van der Waals surface area contributed by atoms with Crippen LogP contribution in [0.3, 0.4) is 0 Å². The molecule has 1 aliphatic heterocycles. The second-order valence-corrected chi connectivity index (χ2v) is 7.00. The smallest absolute Gasteiger partial charge is 0.244 e. The molecule has 0 aliphatic carbocycles. The van der Waals surface area contributed by atoms with Gasteiger partial charge in [-0.15, -0.1) is 16.4 Å². The highest BCUT2D eigenvalue weighted by Gasteiger charge is 2.36. The molecule has 5 nitrogen and oxygen atoms in total. The molecule has 0 fully saturated rings. The van der Waals surface area contributed by atoms with Crippen molar-refractivity contribution in [2.24, 2.45) is 5.73 Å². The Labute approximate surface area is 146 Å². The number of thiophene rings is 1. The van der Waals surface area contributed by atoms with Gasteiger partial charge in [-0.1, -0.05) is 41.9 Å². The maximum Gasteiger partial charge on any atom is 0.244 e. The molecular weight excluding hydrogens is 344 g/mol. The van der Waals surface area contributed by atoms with Gasteiger partial charge in [0.25, 0.3) is 0 Å². The minimum absolute atomic E-state index is 0.0747. The van der Waals surface area contributed by atoms with Gasteiger partial charge in [0.15, 0.2) is 0 Å². The Kier molecular flexibility index (Phi) is 3.53. The lowest BCUT2D eigenvalue weighted by Crippen LogP contribution is -2.20. The van der Waals surface area contributed by atoms with E-state index in [-0.39, 0.29) is 11.8 Å². The van der Waals surface area contributed by atoms with Gasteiger partial charge >= 0.3 is 0 Å². The number of aromatic nitrogens is 2. The largest absolute Gasteiger partial charge is 0.420 e. The third-order valence-electron chi connectivity index (χ3n) is 3.88. The molecule has 1 aliphatic rings. The number of nitrogens with two attached hydrogens (primary N) is 1. The van der Waals surface area contributed by atoms with E-state index in [0.29, 0.717) is 15.8 Å². The first-order valence-corrected chi connectivity index (χ1v) is 8.35. The fourth-order valence-corrected chi connectivity index (χ4v) is 4.02. The molecular formula is C17H11ClN4OS. The van der Waals surface area contributed by atoms with Crippen molar-refractivity contribution in [1.82, 2.24) is 10.2 Å². The highest BCUT2D eigenvalue weighted by atomic mass is 35.5. The van der Waals surface area contributed by atoms with Crippen molar-refractivity contribution < 1.29 is 4.74 Å². The van der Waals surface area contributed by atoms with Crippen LogP contribution in [0.15, 0.2) is 53.9 Å². The van der Waals surface area contributed by atoms with Crippen LogP contribution in [0.1, 0.15) is 16.4 Å². The Morgan fingerprint density at radius 1 is 1.25 bits per heavy atom. The Balaban J connectivity index is 1.96. The minimum atomic E-state index is -0.356. The lowest BCUT2D eigenvalue weighted by atomic mass is 9.87. The number of hydrogen-bond acceptors (Lipinski definition) is 5. The Hall–Kier alpha value is -2.75. The summed E-state index contributed by atoms with van der Waals surface area (Å²) in [6.45, 7) is 0. The van der Waals surface area contributed by atoms with Crippen LogP contribution in [0.25, 0.3) is 11.3 Å². The minimum Gasteiger partial charge on any atom is -0.420 e. The second kappa shape index (κ2) is 5.71. The summed E-state index contributed by atoms with van der Waals surface area (Å²) in [5.41, 5.74) is 8.86. The van der Waals surface area contributed by atoms with E-state index >= 15 is 0 Å². The fraction of sp³-hybridized carbons (Fsp3) is 0.0588. The van der Waals surface area contributed by atoms with Crippen LogP contribution in [0.2, 0.25) is 4.34 Å². The van der Waals surface area contributed by atoms with Crippen LogP contribution >= 0.6 is 22.9 Å². The molecule has 0 unspecified atom stereocenters. The first-order chi connectivity index (χ1) is 11.7. The molecule has 0 saturated carbocycles. The summed E-state index contributed by atoms with van der Waals surface area (Å²) in [5, 5.41) is 16.8.